The lowest BCUT2D eigenvalue weighted by Crippen LogP contribution is -2.45. The van der Waals surface area contributed by atoms with Crippen LogP contribution in [0.3, 0.4) is 0 Å². The van der Waals surface area contributed by atoms with E-state index in [2.05, 4.69) is 10.9 Å². The van der Waals surface area contributed by atoms with E-state index in [1.165, 1.54) is 0 Å². The smallest absolute Gasteiger partial charge is 0.250 e. The third kappa shape index (κ3) is 2.54. The minimum absolute atomic E-state index is 0.0459. The van der Waals surface area contributed by atoms with Crippen LogP contribution in [0.4, 0.5) is 0 Å². The first kappa shape index (κ1) is 13.8. The van der Waals surface area contributed by atoms with Crippen LogP contribution in [0.5, 0.6) is 11.5 Å². The molecule has 1 heterocycles. The molecule has 0 radical (unpaired) electrons. The Morgan fingerprint density at radius 1 is 0.826 bits per heavy atom. The fraction of sp³-hybridized carbons (Fsp3) is 0.222. The highest BCUT2D eigenvalue weighted by Gasteiger charge is 2.34. The van der Waals surface area contributed by atoms with Gasteiger partial charge >= 0.3 is 0 Å². The molecule has 116 valence electrons. The molecule has 2 N–H and O–H groups in total. The minimum Gasteiger partial charge on any atom is -0.457 e. The Hall–Kier alpha value is -2.82. The van der Waals surface area contributed by atoms with Crippen LogP contribution >= 0.6 is 0 Å². The van der Waals surface area contributed by atoms with Gasteiger partial charge in [-0.15, -0.1) is 0 Å². The summed E-state index contributed by atoms with van der Waals surface area (Å²) >= 11 is 0. The number of nitrogens with one attached hydrogen (secondary N) is 2. The lowest BCUT2D eigenvalue weighted by Gasteiger charge is -2.27. The molecule has 0 spiro atoms. The highest BCUT2D eigenvalue weighted by Crippen LogP contribution is 2.43. The molecule has 1 aliphatic carbocycles. The van der Waals surface area contributed by atoms with Crippen LogP contribution in [0.15, 0.2) is 48.5 Å². The van der Waals surface area contributed by atoms with Crippen LogP contribution in [0.25, 0.3) is 0 Å². The van der Waals surface area contributed by atoms with Crippen molar-refractivity contribution in [2.45, 2.75) is 18.8 Å². The molecule has 1 aliphatic heterocycles. The Balaban J connectivity index is 1.63. The average molecular weight is 308 g/mol. The number of benzene rings is 2. The Morgan fingerprint density at radius 2 is 1.35 bits per heavy atom. The van der Waals surface area contributed by atoms with Crippen LogP contribution in [0, 0.1) is 5.92 Å². The van der Waals surface area contributed by atoms with Crippen molar-refractivity contribution in [3.05, 3.63) is 59.7 Å². The summed E-state index contributed by atoms with van der Waals surface area (Å²) in [6.45, 7) is 0. The maximum Gasteiger partial charge on any atom is 0.250 e. The average Bonchev–Trinajstić information content (AvgIpc) is 3.42. The zero-order chi connectivity index (χ0) is 15.8. The van der Waals surface area contributed by atoms with Gasteiger partial charge in [-0.1, -0.05) is 36.4 Å². The van der Waals surface area contributed by atoms with Gasteiger partial charge < -0.3 is 4.74 Å². The molecule has 1 saturated carbocycles. The zero-order valence-corrected chi connectivity index (χ0v) is 12.4. The van der Waals surface area contributed by atoms with E-state index in [9.17, 15) is 9.59 Å². The summed E-state index contributed by atoms with van der Waals surface area (Å²) in [4.78, 5) is 24.4. The fourth-order valence-electron chi connectivity index (χ4n) is 2.84. The molecule has 2 aromatic carbocycles. The van der Waals surface area contributed by atoms with Gasteiger partial charge in [0.15, 0.2) is 0 Å². The second kappa shape index (κ2) is 5.43. The first-order valence-corrected chi connectivity index (χ1v) is 7.69. The Bertz CT molecular complexity index is 738. The second-order valence-electron chi connectivity index (χ2n) is 5.86. The largest absolute Gasteiger partial charge is 0.457 e. The molecule has 0 aromatic heterocycles. The van der Waals surface area contributed by atoms with Gasteiger partial charge in [0.05, 0.1) is 5.92 Å². The van der Waals surface area contributed by atoms with Gasteiger partial charge in [-0.3, -0.25) is 20.4 Å². The Morgan fingerprint density at radius 3 is 1.91 bits per heavy atom. The molecule has 2 aromatic rings. The quantitative estimate of drug-likeness (QED) is 0.838. The van der Waals surface area contributed by atoms with Gasteiger partial charge in [-0.25, -0.2) is 0 Å². The molecule has 2 amide bonds. The number of hydrazine groups is 1. The summed E-state index contributed by atoms with van der Waals surface area (Å²) in [5.41, 5.74) is 6.68. The molecule has 23 heavy (non-hydrogen) atoms. The number of carbonyl (C=O) groups is 2. The predicted octanol–water partition coefficient (Wildman–Crippen LogP) is 2.48. The summed E-state index contributed by atoms with van der Waals surface area (Å²) in [7, 11) is 0. The summed E-state index contributed by atoms with van der Waals surface area (Å²) in [6.07, 6.45) is 1.79. The molecular weight excluding hydrogens is 292 g/mol. The van der Waals surface area contributed by atoms with Crippen LogP contribution in [-0.2, 0) is 9.59 Å². The van der Waals surface area contributed by atoms with Crippen molar-refractivity contribution in [1.82, 2.24) is 10.9 Å². The number of rotatable bonds is 2. The maximum absolute atomic E-state index is 12.7. The third-order valence-corrected chi connectivity index (χ3v) is 4.20. The monoisotopic (exact) mass is 308 g/mol. The zero-order valence-electron chi connectivity index (χ0n) is 12.4. The van der Waals surface area contributed by atoms with Gasteiger partial charge in [0.2, 0.25) is 5.91 Å². The van der Waals surface area contributed by atoms with Crippen LogP contribution in [0.2, 0.25) is 0 Å². The number of ether oxygens (including phenoxy) is 1. The SMILES string of the molecule is O=C(NNC(=O)C1c2ccccc2Oc2ccccc21)C1CC1. The van der Waals surface area contributed by atoms with Crippen molar-refractivity contribution in [2.24, 2.45) is 5.92 Å². The number of hydrogen-bond donors (Lipinski definition) is 2. The number of hydrogen-bond acceptors (Lipinski definition) is 3. The third-order valence-electron chi connectivity index (χ3n) is 4.20. The van der Waals surface area contributed by atoms with E-state index in [0.717, 1.165) is 24.0 Å². The molecule has 5 heteroatoms. The van der Waals surface area contributed by atoms with Gasteiger partial charge in [-0.2, -0.15) is 0 Å². The maximum atomic E-state index is 12.7. The molecule has 0 unspecified atom stereocenters. The van der Waals surface area contributed by atoms with E-state index in [4.69, 9.17) is 4.74 Å². The van der Waals surface area contributed by atoms with Gasteiger partial charge in [0.25, 0.3) is 5.91 Å². The lowest BCUT2D eigenvalue weighted by atomic mass is 9.87. The fourth-order valence-corrected chi connectivity index (χ4v) is 2.84. The summed E-state index contributed by atoms with van der Waals surface area (Å²) in [5.74, 6) is 0.495. The molecular formula is C18H16N2O3. The summed E-state index contributed by atoms with van der Waals surface area (Å²) in [6, 6.07) is 14.9. The number of para-hydroxylation sites is 2. The van der Waals surface area contributed by atoms with E-state index >= 15 is 0 Å². The van der Waals surface area contributed by atoms with E-state index < -0.39 is 5.92 Å². The van der Waals surface area contributed by atoms with E-state index in [-0.39, 0.29) is 17.7 Å². The van der Waals surface area contributed by atoms with Crippen molar-refractivity contribution in [1.29, 1.82) is 0 Å². The lowest BCUT2D eigenvalue weighted by molar-refractivity contribution is -0.129. The summed E-state index contributed by atoms with van der Waals surface area (Å²) in [5, 5.41) is 0. The molecule has 1 fully saturated rings. The van der Waals surface area contributed by atoms with E-state index in [1.807, 2.05) is 48.5 Å². The highest BCUT2D eigenvalue weighted by molar-refractivity contribution is 5.91. The first-order valence-electron chi connectivity index (χ1n) is 7.69. The molecule has 4 rings (SSSR count). The molecule has 2 aliphatic rings. The van der Waals surface area contributed by atoms with Crippen molar-refractivity contribution in [3.63, 3.8) is 0 Å². The topological polar surface area (TPSA) is 67.4 Å². The Labute approximate surface area is 133 Å². The minimum atomic E-state index is -0.504. The summed E-state index contributed by atoms with van der Waals surface area (Å²) < 4.78 is 5.86. The predicted molar refractivity (Wildman–Crippen MR) is 83.8 cm³/mol. The van der Waals surface area contributed by atoms with Crippen LogP contribution in [-0.4, -0.2) is 11.8 Å². The van der Waals surface area contributed by atoms with Crippen LogP contribution < -0.4 is 15.6 Å². The number of carbonyl (C=O) groups excluding carboxylic acids is 2. The van der Waals surface area contributed by atoms with Gasteiger partial charge in [0.1, 0.15) is 11.5 Å². The van der Waals surface area contributed by atoms with Crippen molar-refractivity contribution >= 4 is 11.8 Å². The molecule has 0 bridgehead atoms. The first-order chi connectivity index (χ1) is 11.2. The van der Waals surface area contributed by atoms with Gasteiger partial charge in [-0.05, 0) is 25.0 Å². The molecule has 5 nitrogen and oxygen atoms in total. The van der Waals surface area contributed by atoms with Gasteiger partial charge in [0, 0.05) is 17.0 Å². The molecule has 0 atom stereocenters. The van der Waals surface area contributed by atoms with Crippen molar-refractivity contribution < 1.29 is 14.3 Å². The van der Waals surface area contributed by atoms with Crippen molar-refractivity contribution in [3.8, 4) is 11.5 Å². The second-order valence-corrected chi connectivity index (χ2v) is 5.86. The van der Waals surface area contributed by atoms with E-state index in [0.29, 0.717) is 11.5 Å². The number of fused-ring (bicyclic) bond motifs is 2. The normalized spacial score (nSPS) is 15.8. The number of amides is 2. The van der Waals surface area contributed by atoms with Crippen molar-refractivity contribution in [2.75, 3.05) is 0 Å². The standard InChI is InChI=1S/C18H16N2O3/c21-17(11-9-10-11)19-20-18(22)16-12-5-1-3-7-14(12)23-15-8-4-2-6-13(15)16/h1-8,11,16H,9-10H2,(H,19,21)(H,20,22). The molecule has 0 saturated heterocycles. The Kier molecular flexibility index (Phi) is 3.26. The van der Waals surface area contributed by atoms with Crippen LogP contribution in [0.1, 0.15) is 29.9 Å². The van der Waals surface area contributed by atoms with E-state index in [1.54, 1.807) is 0 Å². The highest BCUT2D eigenvalue weighted by atomic mass is 16.5.